The normalized spacial score (nSPS) is 23.5. The van der Waals surface area contributed by atoms with Gasteiger partial charge in [0.05, 0.1) is 13.7 Å². The highest BCUT2D eigenvalue weighted by molar-refractivity contribution is 5.96. The number of hydrogen-bond donors (Lipinski definition) is 1. The number of hydrogen-bond acceptors (Lipinski definition) is 5. The monoisotopic (exact) mass is 382 g/mol. The molecule has 148 valence electrons. The number of aliphatic hydroxyl groups excluding tert-OH is 1. The van der Waals surface area contributed by atoms with Gasteiger partial charge in [-0.1, -0.05) is 30.3 Å². The number of fused-ring (bicyclic) bond motifs is 3. The molecule has 1 saturated heterocycles. The van der Waals surface area contributed by atoms with Crippen LogP contribution in [0.25, 0.3) is 0 Å². The molecule has 1 fully saturated rings. The highest BCUT2D eigenvalue weighted by Crippen LogP contribution is 2.48. The molecule has 0 aliphatic carbocycles. The van der Waals surface area contributed by atoms with Crippen molar-refractivity contribution < 1.29 is 19.4 Å². The molecule has 0 radical (unpaired) electrons. The Bertz CT molecular complexity index is 839. The van der Waals surface area contributed by atoms with Crippen LogP contribution in [0.3, 0.4) is 0 Å². The summed E-state index contributed by atoms with van der Waals surface area (Å²) in [7, 11) is 3.19. The Morgan fingerprint density at radius 1 is 1.14 bits per heavy atom. The van der Waals surface area contributed by atoms with Gasteiger partial charge in [-0.15, -0.1) is 0 Å². The molecule has 2 aliphatic rings. The summed E-state index contributed by atoms with van der Waals surface area (Å²) < 4.78 is 10.3. The number of nitrogens with zero attached hydrogens (tertiary/aromatic N) is 2. The fourth-order valence-corrected chi connectivity index (χ4v) is 4.58. The van der Waals surface area contributed by atoms with E-state index in [1.165, 1.54) is 7.11 Å². The van der Waals surface area contributed by atoms with Crippen LogP contribution in [0.15, 0.2) is 48.5 Å². The minimum atomic E-state index is -0.0368. The molecular formula is C22H26N2O4. The Hall–Kier alpha value is -2.41. The average molecular weight is 382 g/mol. The molecule has 6 heteroatoms. The van der Waals surface area contributed by atoms with Gasteiger partial charge in [-0.3, -0.25) is 9.69 Å². The van der Waals surface area contributed by atoms with Gasteiger partial charge in [-0.05, 0) is 29.3 Å². The predicted octanol–water partition coefficient (Wildman–Crippen LogP) is 2.02. The third kappa shape index (κ3) is 3.17. The number of para-hydroxylation sites is 1. The lowest BCUT2D eigenvalue weighted by atomic mass is 9.71. The highest BCUT2D eigenvalue weighted by atomic mass is 16.5. The van der Waals surface area contributed by atoms with Crippen molar-refractivity contribution in [3.05, 3.63) is 59.7 Å². The number of carbonyl (C=O) groups is 1. The molecule has 3 atom stereocenters. The summed E-state index contributed by atoms with van der Waals surface area (Å²) >= 11 is 0. The van der Waals surface area contributed by atoms with Gasteiger partial charge < -0.3 is 19.5 Å². The predicted molar refractivity (Wildman–Crippen MR) is 107 cm³/mol. The quantitative estimate of drug-likeness (QED) is 0.828. The van der Waals surface area contributed by atoms with E-state index in [1.807, 2.05) is 47.4 Å². The number of rotatable bonds is 6. The molecule has 1 amide bonds. The molecule has 4 rings (SSSR count). The summed E-state index contributed by atoms with van der Waals surface area (Å²) in [6.07, 6.45) is 0. The zero-order chi connectivity index (χ0) is 19.7. The Morgan fingerprint density at radius 3 is 2.57 bits per heavy atom. The van der Waals surface area contributed by atoms with Crippen molar-refractivity contribution in [3.63, 3.8) is 0 Å². The van der Waals surface area contributed by atoms with Crippen molar-refractivity contribution >= 4 is 11.6 Å². The van der Waals surface area contributed by atoms with Gasteiger partial charge in [-0.2, -0.15) is 0 Å². The van der Waals surface area contributed by atoms with Gasteiger partial charge >= 0.3 is 0 Å². The molecule has 2 aromatic rings. The molecule has 0 spiro atoms. The Labute approximate surface area is 165 Å². The second-order valence-electron chi connectivity index (χ2n) is 7.36. The summed E-state index contributed by atoms with van der Waals surface area (Å²) in [5.74, 6) is 1.02. The summed E-state index contributed by atoms with van der Waals surface area (Å²) in [6, 6.07) is 16.2. The van der Waals surface area contributed by atoms with Gasteiger partial charge in [0.2, 0.25) is 0 Å². The molecule has 2 heterocycles. The summed E-state index contributed by atoms with van der Waals surface area (Å²) in [6.45, 7) is 1.49. The van der Waals surface area contributed by atoms with E-state index < -0.39 is 0 Å². The minimum Gasteiger partial charge on any atom is -0.497 e. The van der Waals surface area contributed by atoms with Crippen LogP contribution in [0.5, 0.6) is 5.75 Å². The topological polar surface area (TPSA) is 62.2 Å². The van der Waals surface area contributed by atoms with Crippen molar-refractivity contribution in [1.82, 2.24) is 4.90 Å². The maximum atomic E-state index is 12.6. The van der Waals surface area contributed by atoms with Crippen molar-refractivity contribution in [2.24, 2.45) is 0 Å². The van der Waals surface area contributed by atoms with Gasteiger partial charge in [0.15, 0.2) is 0 Å². The van der Waals surface area contributed by atoms with Crippen molar-refractivity contribution in [3.8, 4) is 5.75 Å². The van der Waals surface area contributed by atoms with Crippen LogP contribution >= 0.6 is 0 Å². The van der Waals surface area contributed by atoms with Crippen molar-refractivity contribution in [1.29, 1.82) is 0 Å². The van der Waals surface area contributed by atoms with Crippen LogP contribution < -0.4 is 9.64 Å². The van der Waals surface area contributed by atoms with E-state index in [4.69, 9.17) is 9.47 Å². The largest absolute Gasteiger partial charge is 0.497 e. The summed E-state index contributed by atoms with van der Waals surface area (Å²) in [5.41, 5.74) is 3.23. The van der Waals surface area contributed by atoms with Crippen LogP contribution in [-0.4, -0.2) is 62.0 Å². The van der Waals surface area contributed by atoms with E-state index in [0.29, 0.717) is 6.54 Å². The highest BCUT2D eigenvalue weighted by Gasteiger charge is 2.52. The molecule has 0 saturated carbocycles. The summed E-state index contributed by atoms with van der Waals surface area (Å²) in [5, 5.41) is 10.1. The van der Waals surface area contributed by atoms with Gasteiger partial charge in [0.1, 0.15) is 12.4 Å². The first kappa shape index (κ1) is 18.9. The first-order chi connectivity index (χ1) is 13.7. The Balaban J connectivity index is 1.61. The van der Waals surface area contributed by atoms with Gasteiger partial charge in [0.25, 0.3) is 5.91 Å². The van der Waals surface area contributed by atoms with Gasteiger partial charge in [-0.25, -0.2) is 0 Å². The Kier molecular flexibility index (Phi) is 5.35. The lowest BCUT2D eigenvalue weighted by molar-refractivity contribution is -0.123. The van der Waals surface area contributed by atoms with E-state index in [-0.39, 0.29) is 37.1 Å². The third-order valence-corrected chi connectivity index (χ3v) is 5.92. The second-order valence-corrected chi connectivity index (χ2v) is 7.36. The number of carbonyl (C=O) groups excluding carboxylic acids is 1. The Morgan fingerprint density at radius 2 is 1.89 bits per heavy atom. The van der Waals surface area contributed by atoms with E-state index in [0.717, 1.165) is 29.1 Å². The SMILES string of the molecule is COCC(=O)N1C[C@@H]2[C@H](c3ccccc31)[C@H](CO)N2Cc1ccc(OC)cc1. The van der Waals surface area contributed by atoms with Crippen LogP contribution in [0.2, 0.25) is 0 Å². The van der Waals surface area contributed by atoms with Crippen LogP contribution in [0.4, 0.5) is 5.69 Å². The molecule has 28 heavy (non-hydrogen) atoms. The molecule has 0 bridgehead atoms. The minimum absolute atomic E-state index is 0.0368. The lowest BCUT2D eigenvalue weighted by Gasteiger charge is -2.59. The van der Waals surface area contributed by atoms with Crippen molar-refractivity contribution in [2.45, 2.75) is 24.5 Å². The zero-order valence-corrected chi connectivity index (χ0v) is 16.2. The molecule has 2 aliphatic heterocycles. The average Bonchev–Trinajstić information content (AvgIpc) is 2.72. The summed E-state index contributed by atoms with van der Waals surface area (Å²) in [4.78, 5) is 16.8. The fraction of sp³-hybridized carbons (Fsp3) is 0.409. The first-order valence-corrected chi connectivity index (χ1v) is 9.55. The number of aliphatic hydroxyl groups is 1. The van der Waals surface area contributed by atoms with E-state index in [2.05, 4.69) is 11.0 Å². The number of methoxy groups -OCH3 is 2. The fourth-order valence-electron chi connectivity index (χ4n) is 4.58. The number of anilines is 1. The molecular weight excluding hydrogens is 356 g/mol. The number of likely N-dealkylation sites (tertiary alicyclic amines) is 1. The van der Waals surface area contributed by atoms with Crippen LogP contribution in [-0.2, 0) is 16.1 Å². The zero-order valence-electron chi connectivity index (χ0n) is 16.2. The first-order valence-electron chi connectivity index (χ1n) is 9.55. The molecule has 0 unspecified atom stereocenters. The van der Waals surface area contributed by atoms with Crippen LogP contribution in [0.1, 0.15) is 17.0 Å². The van der Waals surface area contributed by atoms with E-state index in [9.17, 15) is 9.90 Å². The second kappa shape index (κ2) is 7.91. The number of benzene rings is 2. The van der Waals surface area contributed by atoms with Gasteiger partial charge in [0, 0.05) is 43.9 Å². The maximum absolute atomic E-state index is 12.6. The number of ether oxygens (including phenoxy) is 2. The van der Waals surface area contributed by atoms with E-state index in [1.54, 1.807) is 7.11 Å². The van der Waals surface area contributed by atoms with E-state index >= 15 is 0 Å². The molecule has 1 N–H and O–H groups in total. The lowest BCUT2D eigenvalue weighted by Crippen LogP contribution is -2.68. The molecule has 0 aromatic heterocycles. The van der Waals surface area contributed by atoms with Crippen molar-refractivity contribution in [2.75, 3.05) is 38.9 Å². The molecule has 2 aromatic carbocycles. The standard InChI is InChI=1S/C22H26N2O4/c1-27-14-21(26)24-12-19-22(17-5-3-4-6-18(17)24)20(13-25)23(19)11-15-7-9-16(28-2)10-8-15/h3-10,19-20,22,25H,11-14H2,1-2H3/t19-,20+,22+/m1/s1. The number of amides is 1. The van der Waals surface area contributed by atoms with Crippen LogP contribution in [0, 0.1) is 0 Å². The smallest absolute Gasteiger partial charge is 0.253 e. The maximum Gasteiger partial charge on any atom is 0.253 e. The molecule has 6 nitrogen and oxygen atoms in total. The third-order valence-electron chi connectivity index (χ3n) is 5.92.